The van der Waals surface area contributed by atoms with E-state index in [4.69, 9.17) is 5.11 Å². The molecule has 0 aliphatic carbocycles. The molecule has 1 amide bonds. The standard InChI is InChI=1S/C13H13F3N4O2/c1-8-10(12(22)17-4-5-21)7-19-20(8)11-3-2-9(6-18-11)13(14,15)16/h2-3,6-7,21H,4-5H2,1H3,(H,17,22). The molecule has 0 aliphatic heterocycles. The van der Waals surface area contributed by atoms with Gasteiger partial charge < -0.3 is 10.4 Å². The van der Waals surface area contributed by atoms with Crippen LogP contribution in [0, 0.1) is 6.92 Å². The zero-order chi connectivity index (χ0) is 16.3. The van der Waals surface area contributed by atoms with Crippen LogP contribution in [0.2, 0.25) is 0 Å². The number of carbonyl (C=O) groups excluding carboxylic acids is 1. The summed E-state index contributed by atoms with van der Waals surface area (Å²) in [7, 11) is 0. The molecule has 0 spiro atoms. The number of carbonyl (C=O) groups is 1. The first-order valence-corrected chi connectivity index (χ1v) is 6.32. The quantitative estimate of drug-likeness (QED) is 0.892. The molecule has 0 saturated carbocycles. The van der Waals surface area contributed by atoms with Gasteiger partial charge in [-0.3, -0.25) is 4.79 Å². The van der Waals surface area contributed by atoms with E-state index in [2.05, 4.69) is 15.4 Å². The SMILES string of the molecule is Cc1c(C(=O)NCCO)cnn1-c1ccc(C(F)(F)F)cn1. The molecule has 2 rings (SSSR count). The smallest absolute Gasteiger partial charge is 0.395 e. The molecule has 0 aromatic carbocycles. The number of amides is 1. The van der Waals surface area contributed by atoms with Crippen molar-refractivity contribution in [3.8, 4) is 5.82 Å². The molecule has 0 saturated heterocycles. The summed E-state index contributed by atoms with van der Waals surface area (Å²) in [5, 5.41) is 15.1. The van der Waals surface area contributed by atoms with Gasteiger partial charge in [-0.1, -0.05) is 0 Å². The molecule has 2 aromatic heterocycles. The van der Waals surface area contributed by atoms with E-state index in [-0.39, 0.29) is 24.5 Å². The Labute approximate surface area is 123 Å². The van der Waals surface area contributed by atoms with Gasteiger partial charge in [-0.2, -0.15) is 18.3 Å². The Morgan fingerprint density at radius 3 is 2.64 bits per heavy atom. The lowest BCUT2D eigenvalue weighted by molar-refractivity contribution is -0.137. The number of aromatic nitrogens is 3. The zero-order valence-electron chi connectivity index (χ0n) is 11.6. The number of hydrogen-bond donors (Lipinski definition) is 2. The normalized spacial score (nSPS) is 11.5. The van der Waals surface area contributed by atoms with Gasteiger partial charge in [0.25, 0.3) is 5.91 Å². The lowest BCUT2D eigenvalue weighted by atomic mass is 10.2. The monoisotopic (exact) mass is 314 g/mol. The van der Waals surface area contributed by atoms with E-state index in [9.17, 15) is 18.0 Å². The van der Waals surface area contributed by atoms with Crippen molar-refractivity contribution in [2.45, 2.75) is 13.1 Å². The van der Waals surface area contributed by atoms with Gasteiger partial charge in [0.1, 0.15) is 0 Å². The topological polar surface area (TPSA) is 80.0 Å². The number of aliphatic hydroxyl groups is 1. The van der Waals surface area contributed by atoms with Crippen molar-refractivity contribution in [3.05, 3.63) is 41.3 Å². The van der Waals surface area contributed by atoms with Gasteiger partial charge in [0.05, 0.1) is 29.6 Å². The molecule has 118 valence electrons. The zero-order valence-corrected chi connectivity index (χ0v) is 11.6. The van der Waals surface area contributed by atoms with Crippen LogP contribution in [0.4, 0.5) is 13.2 Å². The summed E-state index contributed by atoms with van der Waals surface area (Å²) >= 11 is 0. The van der Waals surface area contributed by atoms with Crippen LogP contribution < -0.4 is 5.32 Å². The van der Waals surface area contributed by atoms with Gasteiger partial charge in [0, 0.05) is 12.7 Å². The van der Waals surface area contributed by atoms with E-state index < -0.39 is 17.6 Å². The molecular formula is C13H13F3N4O2. The van der Waals surface area contributed by atoms with Crippen molar-refractivity contribution in [1.82, 2.24) is 20.1 Å². The number of hydrogen-bond acceptors (Lipinski definition) is 4. The van der Waals surface area contributed by atoms with E-state index in [0.717, 1.165) is 6.07 Å². The highest BCUT2D eigenvalue weighted by molar-refractivity contribution is 5.95. The third-order valence-electron chi connectivity index (χ3n) is 2.94. The maximum absolute atomic E-state index is 12.5. The average Bonchev–Trinajstić information content (AvgIpc) is 2.86. The van der Waals surface area contributed by atoms with Gasteiger partial charge in [-0.15, -0.1) is 0 Å². The minimum absolute atomic E-state index is 0.0992. The predicted molar refractivity (Wildman–Crippen MR) is 70.5 cm³/mol. The Kier molecular flexibility index (Phi) is 4.45. The number of aliphatic hydroxyl groups excluding tert-OH is 1. The van der Waals surface area contributed by atoms with Crippen LogP contribution in [0.15, 0.2) is 24.5 Å². The Morgan fingerprint density at radius 2 is 2.09 bits per heavy atom. The van der Waals surface area contributed by atoms with Gasteiger partial charge in [-0.25, -0.2) is 9.67 Å². The lowest BCUT2D eigenvalue weighted by Gasteiger charge is -2.08. The second kappa shape index (κ2) is 6.14. The molecule has 2 N–H and O–H groups in total. The molecule has 2 aromatic rings. The minimum Gasteiger partial charge on any atom is -0.395 e. The molecule has 0 fully saturated rings. The van der Waals surface area contributed by atoms with E-state index in [1.807, 2.05) is 0 Å². The predicted octanol–water partition coefficient (Wildman–Crippen LogP) is 1.32. The second-order valence-corrected chi connectivity index (χ2v) is 4.44. The van der Waals surface area contributed by atoms with Crippen molar-refractivity contribution in [2.75, 3.05) is 13.2 Å². The molecule has 6 nitrogen and oxygen atoms in total. The molecular weight excluding hydrogens is 301 g/mol. The van der Waals surface area contributed by atoms with Crippen molar-refractivity contribution in [1.29, 1.82) is 0 Å². The lowest BCUT2D eigenvalue weighted by Crippen LogP contribution is -2.26. The highest BCUT2D eigenvalue weighted by Crippen LogP contribution is 2.28. The van der Waals surface area contributed by atoms with Crippen LogP contribution in [0.25, 0.3) is 5.82 Å². The molecule has 9 heteroatoms. The van der Waals surface area contributed by atoms with E-state index in [1.54, 1.807) is 6.92 Å². The molecule has 22 heavy (non-hydrogen) atoms. The van der Waals surface area contributed by atoms with Gasteiger partial charge in [0.2, 0.25) is 0 Å². The summed E-state index contributed by atoms with van der Waals surface area (Å²) in [6.07, 6.45) is -2.45. The summed E-state index contributed by atoms with van der Waals surface area (Å²) in [5.41, 5.74) is -0.167. The van der Waals surface area contributed by atoms with Crippen LogP contribution in [0.3, 0.4) is 0 Å². The first-order chi connectivity index (χ1) is 10.3. The largest absolute Gasteiger partial charge is 0.417 e. The fraction of sp³-hybridized carbons (Fsp3) is 0.308. The minimum atomic E-state index is -4.46. The van der Waals surface area contributed by atoms with Crippen LogP contribution in [0.5, 0.6) is 0 Å². The summed E-state index contributed by atoms with van der Waals surface area (Å²) in [5.74, 6) is -0.253. The van der Waals surface area contributed by atoms with E-state index >= 15 is 0 Å². The van der Waals surface area contributed by atoms with E-state index in [1.165, 1.54) is 16.9 Å². The third-order valence-corrected chi connectivity index (χ3v) is 2.94. The van der Waals surface area contributed by atoms with Gasteiger partial charge >= 0.3 is 6.18 Å². The van der Waals surface area contributed by atoms with E-state index in [0.29, 0.717) is 11.9 Å². The fourth-order valence-corrected chi connectivity index (χ4v) is 1.81. The molecule has 0 aliphatic rings. The second-order valence-electron chi connectivity index (χ2n) is 4.44. The van der Waals surface area contributed by atoms with Crippen LogP contribution >= 0.6 is 0 Å². The number of pyridine rings is 1. The highest BCUT2D eigenvalue weighted by Gasteiger charge is 2.30. The van der Waals surface area contributed by atoms with Crippen molar-refractivity contribution in [2.24, 2.45) is 0 Å². The summed E-state index contributed by atoms with van der Waals surface area (Å²) < 4.78 is 38.8. The molecule has 0 radical (unpaired) electrons. The summed E-state index contributed by atoms with van der Waals surface area (Å²) in [6, 6.07) is 2.08. The average molecular weight is 314 g/mol. The van der Waals surface area contributed by atoms with Gasteiger partial charge in [0.15, 0.2) is 5.82 Å². The molecule has 0 atom stereocenters. The van der Waals surface area contributed by atoms with Crippen LogP contribution in [-0.2, 0) is 6.18 Å². The number of nitrogens with one attached hydrogen (secondary N) is 1. The maximum Gasteiger partial charge on any atom is 0.417 e. The molecule has 0 unspecified atom stereocenters. The third kappa shape index (κ3) is 3.25. The van der Waals surface area contributed by atoms with Crippen molar-refractivity contribution >= 4 is 5.91 Å². The number of rotatable bonds is 4. The first kappa shape index (κ1) is 16.0. The van der Waals surface area contributed by atoms with Crippen molar-refractivity contribution < 1.29 is 23.1 Å². The number of halogens is 3. The van der Waals surface area contributed by atoms with Gasteiger partial charge in [-0.05, 0) is 19.1 Å². The highest BCUT2D eigenvalue weighted by atomic mass is 19.4. The first-order valence-electron chi connectivity index (χ1n) is 6.32. The molecule has 0 bridgehead atoms. The van der Waals surface area contributed by atoms with Crippen molar-refractivity contribution in [3.63, 3.8) is 0 Å². The van der Waals surface area contributed by atoms with Crippen LogP contribution in [-0.4, -0.2) is 38.9 Å². The van der Waals surface area contributed by atoms with Crippen LogP contribution in [0.1, 0.15) is 21.6 Å². The molecule has 2 heterocycles. The summed E-state index contributed by atoms with van der Waals surface area (Å²) in [6.45, 7) is 1.50. The Bertz CT molecular complexity index is 665. The number of alkyl halides is 3. The maximum atomic E-state index is 12.5. The number of nitrogens with zero attached hydrogens (tertiary/aromatic N) is 3. The Morgan fingerprint density at radius 1 is 1.36 bits per heavy atom. The fourth-order valence-electron chi connectivity index (χ4n) is 1.81. The Balaban J connectivity index is 2.27. The summed E-state index contributed by atoms with van der Waals surface area (Å²) in [4.78, 5) is 15.5. The Hall–Kier alpha value is -2.42.